The van der Waals surface area contributed by atoms with Crippen molar-refractivity contribution in [1.29, 1.82) is 0 Å². The molecule has 2 unspecified atom stereocenters. The summed E-state index contributed by atoms with van der Waals surface area (Å²) in [5.41, 5.74) is 1.59. The van der Waals surface area contributed by atoms with E-state index in [4.69, 9.17) is 9.47 Å². The standard InChI is InChI=1S/C17H23N3O3/c1-19-15(9-12-7-8-23-11-12)18-20(2)16(19)13-5-4-6-14(10-13)17(21)22-3/h4-6,10,12,16H,7-9,11H2,1-3H3. The summed E-state index contributed by atoms with van der Waals surface area (Å²) < 4.78 is 10.3. The first kappa shape index (κ1) is 15.8. The molecular formula is C17H23N3O3. The number of esters is 1. The Balaban J connectivity index is 1.77. The molecule has 23 heavy (non-hydrogen) atoms. The van der Waals surface area contributed by atoms with E-state index in [0.29, 0.717) is 11.5 Å². The van der Waals surface area contributed by atoms with E-state index in [0.717, 1.165) is 37.5 Å². The maximum atomic E-state index is 11.7. The highest BCUT2D eigenvalue weighted by atomic mass is 16.5. The van der Waals surface area contributed by atoms with E-state index in [-0.39, 0.29) is 12.1 Å². The predicted molar refractivity (Wildman–Crippen MR) is 87.0 cm³/mol. The van der Waals surface area contributed by atoms with Crippen LogP contribution in [0.2, 0.25) is 0 Å². The van der Waals surface area contributed by atoms with Gasteiger partial charge in [0.1, 0.15) is 12.0 Å². The zero-order valence-corrected chi connectivity index (χ0v) is 13.9. The van der Waals surface area contributed by atoms with E-state index in [1.807, 2.05) is 37.3 Å². The van der Waals surface area contributed by atoms with Gasteiger partial charge in [0.15, 0.2) is 0 Å². The van der Waals surface area contributed by atoms with Crippen LogP contribution >= 0.6 is 0 Å². The Morgan fingerprint density at radius 2 is 2.26 bits per heavy atom. The van der Waals surface area contributed by atoms with Crippen molar-refractivity contribution in [3.05, 3.63) is 35.4 Å². The number of carbonyl (C=O) groups excluding carboxylic acids is 1. The average Bonchev–Trinajstić information content (AvgIpc) is 3.16. The summed E-state index contributed by atoms with van der Waals surface area (Å²) in [7, 11) is 5.41. The number of benzene rings is 1. The van der Waals surface area contributed by atoms with Crippen LogP contribution in [0.5, 0.6) is 0 Å². The van der Waals surface area contributed by atoms with Crippen LogP contribution in [-0.4, -0.2) is 56.1 Å². The summed E-state index contributed by atoms with van der Waals surface area (Å²) in [6.45, 7) is 1.67. The van der Waals surface area contributed by atoms with Gasteiger partial charge >= 0.3 is 5.97 Å². The molecule has 0 radical (unpaired) electrons. The summed E-state index contributed by atoms with van der Waals surface area (Å²) in [5.74, 6) is 1.29. The molecule has 0 aromatic heterocycles. The number of hydrogen-bond acceptors (Lipinski definition) is 6. The largest absolute Gasteiger partial charge is 0.465 e. The van der Waals surface area contributed by atoms with Crippen LogP contribution in [0, 0.1) is 5.92 Å². The van der Waals surface area contributed by atoms with Crippen molar-refractivity contribution in [2.75, 3.05) is 34.4 Å². The minimum absolute atomic E-state index is 0.00284. The lowest BCUT2D eigenvalue weighted by atomic mass is 10.0. The van der Waals surface area contributed by atoms with Crippen LogP contribution in [0.1, 0.15) is 34.9 Å². The summed E-state index contributed by atoms with van der Waals surface area (Å²) in [5, 5.41) is 6.64. The van der Waals surface area contributed by atoms with Crippen molar-refractivity contribution in [2.45, 2.75) is 19.0 Å². The van der Waals surface area contributed by atoms with Gasteiger partial charge < -0.3 is 14.4 Å². The molecule has 1 saturated heterocycles. The molecule has 2 atom stereocenters. The summed E-state index contributed by atoms with van der Waals surface area (Å²) in [6, 6.07) is 7.54. The lowest BCUT2D eigenvalue weighted by Crippen LogP contribution is -2.31. The molecule has 0 amide bonds. The van der Waals surface area contributed by atoms with Crippen molar-refractivity contribution in [2.24, 2.45) is 11.0 Å². The summed E-state index contributed by atoms with van der Waals surface area (Å²) >= 11 is 0. The van der Waals surface area contributed by atoms with Crippen LogP contribution < -0.4 is 0 Å². The molecule has 6 nitrogen and oxygen atoms in total. The maximum absolute atomic E-state index is 11.7. The smallest absolute Gasteiger partial charge is 0.337 e. The quantitative estimate of drug-likeness (QED) is 0.796. The fourth-order valence-electron chi connectivity index (χ4n) is 3.27. The molecule has 3 rings (SSSR count). The van der Waals surface area contributed by atoms with Crippen LogP contribution in [0.25, 0.3) is 0 Å². The molecule has 2 heterocycles. The van der Waals surface area contributed by atoms with E-state index in [2.05, 4.69) is 10.0 Å². The Kier molecular flexibility index (Phi) is 4.52. The number of carbonyl (C=O) groups is 1. The third kappa shape index (κ3) is 3.17. The van der Waals surface area contributed by atoms with E-state index >= 15 is 0 Å². The zero-order valence-electron chi connectivity index (χ0n) is 13.9. The molecule has 0 saturated carbocycles. The molecule has 2 aliphatic heterocycles. The third-order valence-electron chi connectivity index (χ3n) is 4.50. The van der Waals surface area contributed by atoms with E-state index in [1.54, 1.807) is 6.07 Å². The summed E-state index contributed by atoms with van der Waals surface area (Å²) in [4.78, 5) is 13.9. The molecule has 1 fully saturated rings. The second-order valence-electron chi connectivity index (χ2n) is 6.13. The van der Waals surface area contributed by atoms with Gasteiger partial charge in [-0.1, -0.05) is 12.1 Å². The Hall–Kier alpha value is -2.08. The van der Waals surface area contributed by atoms with Gasteiger partial charge in [-0.3, -0.25) is 5.01 Å². The number of hydrazone groups is 1. The monoisotopic (exact) mass is 317 g/mol. The number of ether oxygens (including phenoxy) is 2. The molecule has 1 aromatic rings. The first-order chi connectivity index (χ1) is 11.1. The Bertz CT molecular complexity index is 611. The van der Waals surface area contributed by atoms with Crippen molar-refractivity contribution in [3.63, 3.8) is 0 Å². The molecule has 2 aliphatic rings. The van der Waals surface area contributed by atoms with Gasteiger partial charge in [-0.15, -0.1) is 0 Å². The lowest BCUT2D eigenvalue weighted by Gasteiger charge is -2.28. The second kappa shape index (κ2) is 6.58. The zero-order chi connectivity index (χ0) is 16.4. The maximum Gasteiger partial charge on any atom is 0.337 e. The van der Waals surface area contributed by atoms with Gasteiger partial charge in [0.2, 0.25) is 0 Å². The first-order valence-electron chi connectivity index (χ1n) is 7.89. The number of nitrogens with zero attached hydrogens (tertiary/aromatic N) is 3. The highest BCUT2D eigenvalue weighted by Gasteiger charge is 2.32. The number of hydrogen-bond donors (Lipinski definition) is 0. The fourth-order valence-corrected chi connectivity index (χ4v) is 3.27. The molecule has 6 heteroatoms. The van der Waals surface area contributed by atoms with E-state index < -0.39 is 0 Å². The average molecular weight is 317 g/mol. The minimum atomic E-state index is -0.320. The second-order valence-corrected chi connectivity index (χ2v) is 6.13. The fraction of sp³-hybridized carbons (Fsp3) is 0.529. The number of amidine groups is 1. The van der Waals surface area contributed by atoms with E-state index in [9.17, 15) is 4.79 Å². The van der Waals surface area contributed by atoms with Crippen LogP contribution in [0.3, 0.4) is 0 Å². The van der Waals surface area contributed by atoms with Gasteiger partial charge in [0.05, 0.1) is 12.7 Å². The lowest BCUT2D eigenvalue weighted by molar-refractivity contribution is 0.0600. The normalized spacial score (nSPS) is 24.0. The Morgan fingerprint density at radius 3 is 2.96 bits per heavy atom. The van der Waals surface area contributed by atoms with Crippen molar-refractivity contribution in [3.8, 4) is 0 Å². The van der Waals surface area contributed by atoms with Crippen LogP contribution in [-0.2, 0) is 9.47 Å². The predicted octanol–water partition coefficient (Wildman–Crippen LogP) is 2.09. The molecular weight excluding hydrogens is 294 g/mol. The third-order valence-corrected chi connectivity index (χ3v) is 4.50. The molecule has 124 valence electrons. The first-order valence-corrected chi connectivity index (χ1v) is 7.89. The molecule has 0 bridgehead atoms. The van der Waals surface area contributed by atoms with Gasteiger partial charge in [-0.2, -0.15) is 5.10 Å². The molecule has 0 N–H and O–H groups in total. The van der Waals surface area contributed by atoms with Gasteiger partial charge in [0.25, 0.3) is 0 Å². The highest BCUT2D eigenvalue weighted by molar-refractivity contribution is 5.89. The minimum Gasteiger partial charge on any atom is -0.465 e. The van der Waals surface area contributed by atoms with Gasteiger partial charge in [-0.05, 0) is 30.0 Å². The van der Waals surface area contributed by atoms with Crippen molar-refractivity contribution in [1.82, 2.24) is 9.91 Å². The Labute approximate surface area is 136 Å². The molecule has 0 spiro atoms. The van der Waals surface area contributed by atoms with E-state index in [1.165, 1.54) is 7.11 Å². The summed E-state index contributed by atoms with van der Waals surface area (Å²) in [6.07, 6.45) is 2.02. The van der Waals surface area contributed by atoms with Gasteiger partial charge in [0, 0.05) is 33.7 Å². The highest BCUT2D eigenvalue weighted by Crippen LogP contribution is 2.31. The Morgan fingerprint density at radius 1 is 1.43 bits per heavy atom. The molecule has 0 aliphatic carbocycles. The SMILES string of the molecule is COC(=O)c1cccc(C2N(C)N=C(CC3CCOC3)N2C)c1. The number of methoxy groups -OCH3 is 1. The topological polar surface area (TPSA) is 54.4 Å². The van der Waals surface area contributed by atoms with Crippen molar-refractivity contribution >= 4 is 11.8 Å². The van der Waals surface area contributed by atoms with Crippen LogP contribution in [0.4, 0.5) is 0 Å². The molecule has 1 aromatic carbocycles. The van der Waals surface area contributed by atoms with Crippen LogP contribution in [0.15, 0.2) is 29.4 Å². The number of rotatable bonds is 4. The van der Waals surface area contributed by atoms with Gasteiger partial charge in [-0.25, -0.2) is 4.79 Å². The van der Waals surface area contributed by atoms with Crippen molar-refractivity contribution < 1.29 is 14.3 Å².